The highest BCUT2D eigenvalue weighted by Gasteiger charge is 2.32. The molecule has 1 aliphatic heterocycles. The highest BCUT2D eigenvalue weighted by Crippen LogP contribution is 2.33. The number of carbonyl (C=O) groups is 1. The number of aryl methyl sites for hydroxylation is 1. The third-order valence-corrected chi connectivity index (χ3v) is 9.66. The average Bonchev–Trinajstić information content (AvgIpc) is 3.01. The van der Waals surface area contributed by atoms with Gasteiger partial charge in [-0.15, -0.1) is 0 Å². The third-order valence-electron chi connectivity index (χ3n) is 7.57. The number of sulfonamides is 1. The number of benzene rings is 4. The van der Waals surface area contributed by atoms with Gasteiger partial charge in [0.2, 0.25) is 5.91 Å². The summed E-state index contributed by atoms with van der Waals surface area (Å²) >= 11 is 6.38. The molecule has 1 amide bonds. The summed E-state index contributed by atoms with van der Waals surface area (Å²) in [5.41, 5.74) is 3.61. The third kappa shape index (κ3) is 6.46. The van der Waals surface area contributed by atoms with E-state index in [1.807, 2.05) is 43.3 Å². The minimum atomic E-state index is -4.06. The number of hydrogen-bond acceptors (Lipinski definition) is 5. The molecule has 1 aliphatic rings. The minimum absolute atomic E-state index is 0.0597. The van der Waals surface area contributed by atoms with E-state index in [1.54, 1.807) is 41.3 Å². The van der Waals surface area contributed by atoms with Crippen molar-refractivity contribution in [3.05, 3.63) is 125 Å². The van der Waals surface area contributed by atoms with E-state index in [0.29, 0.717) is 37.6 Å². The molecule has 218 valence electrons. The molecule has 4 aromatic rings. The fraction of sp³-hybridized carbons (Fsp3) is 0.242. The van der Waals surface area contributed by atoms with E-state index in [1.165, 1.54) is 24.3 Å². The van der Waals surface area contributed by atoms with Crippen LogP contribution in [0.4, 0.5) is 5.69 Å². The van der Waals surface area contributed by atoms with Crippen molar-refractivity contribution in [1.82, 2.24) is 9.80 Å². The van der Waals surface area contributed by atoms with Crippen molar-refractivity contribution < 1.29 is 17.9 Å². The number of anilines is 1. The molecule has 0 bridgehead atoms. The van der Waals surface area contributed by atoms with Gasteiger partial charge in [0.25, 0.3) is 10.0 Å². The van der Waals surface area contributed by atoms with Crippen molar-refractivity contribution in [2.24, 2.45) is 0 Å². The van der Waals surface area contributed by atoms with Gasteiger partial charge in [-0.1, -0.05) is 90.0 Å². The number of hydrogen-bond donors (Lipinski definition) is 0. The number of methoxy groups -OCH3 is 1. The second kappa shape index (κ2) is 13.0. The molecular weight excluding hydrogens is 570 g/mol. The summed E-state index contributed by atoms with van der Waals surface area (Å²) in [4.78, 5) is 17.9. The number of amides is 1. The van der Waals surface area contributed by atoms with Crippen LogP contribution in [-0.4, -0.2) is 64.0 Å². The first kappa shape index (κ1) is 29.6. The van der Waals surface area contributed by atoms with Crippen LogP contribution in [0.15, 0.2) is 108 Å². The predicted octanol–water partition coefficient (Wildman–Crippen LogP) is 5.79. The highest BCUT2D eigenvalue weighted by molar-refractivity contribution is 7.92. The Morgan fingerprint density at radius 2 is 1.43 bits per heavy atom. The second-order valence-corrected chi connectivity index (χ2v) is 12.6. The topological polar surface area (TPSA) is 70.2 Å². The van der Waals surface area contributed by atoms with E-state index in [0.717, 1.165) is 9.87 Å². The molecule has 0 radical (unpaired) electrons. The van der Waals surface area contributed by atoms with Crippen LogP contribution in [-0.2, 0) is 14.8 Å². The lowest BCUT2D eigenvalue weighted by molar-refractivity contribution is -0.131. The summed E-state index contributed by atoms with van der Waals surface area (Å²) in [5.74, 6) is 0.148. The van der Waals surface area contributed by atoms with Gasteiger partial charge in [-0.05, 0) is 48.4 Å². The highest BCUT2D eigenvalue weighted by atomic mass is 35.5. The molecule has 42 heavy (non-hydrogen) atoms. The Hall–Kier alpha value is -3.85. The molecule has 0 aromatic heterocycles. The van der Waals surface area contributed by atoms with Crippen LogP contribution < -0.4 is 9.04 Å². The fourth-order valence-electron chi connectivity index (χ4n) is 5.30. The summed E-state index contributed by atoms with van der Waals surface area (Å²) in [6.07, 6.45) is 0. The molecule has 1 fully saturated rings. The Morgan fingerprint density at radius 1 is 0.857 bits per heavy atom. The van der Waals surface area contributed by atoms with Crippen LogP contribution in [0.25, 0.3) is 0 Å². The van der Waals surface area contributed by atoms with Crippen molar-refractivity contribution in [3.8, 4) is 5.75 Å². The lowest BCUT2D eigenvalue weighted by Crippen LogP contribution is -2.52. The maximum Gasteiger partial charge on any atom is 0.264 e. The maximum absolute atomic E-state index is 13.9. The molecular formula is C33H34ClN3O4S. The van der Waals surface area contributed by atoms with Gasteiger partial charge in [-0.2, -0.15) is 0 Å². The fourth-order valence-corrected chi connectivity index (χ4v) is 6.96. The summed E-state index contributed by atoms with van der Waals surface area (Å²) in [7, 11) is -2.57. The van der Waals surface area contributed by atoms with Gasteiger partial charge in [0.05, 0.1) is 28.8 Å². The minimum Gasteiger partial charge on any atom is -0.495 e. The van der Waals surface area contributed by atoms with Crippen LogP contribution in [0.2, 0.25) is 5.02 Å². The molecule has 0 spiro atoms. The van der Waals surface area contributed by atoms with Gasteiger partial charge < -0.3 is 9.64 Å². The van der Waals surface area contributed by atoms with Crippen LogP contribution in [0, 0.1) is 6.92 Å². The maximum atomic E-state index is 13.9. The molecule has 4 aromatic carbocycles. The van der Waals surface area contributed by atoms with E-state index >= 15 is 0 Å². The molecule has 0 saturated carbocycles. The normalized spacial score (nSPS) is 14.1. The van der Waals surface area contributed by atoms with Gasteiger partial charge in [0, 0.05) is 26.2 Å². The number of carbonyl (C=O) groups excluding carboxylic acids is 1. The zero-order valence-electron chi connectivity index (χ0n) is 23.7. The Labute approximate surface area is 252 Å². The Balaban J connectivity index is 1.37. The molecule has 1 heterocycles. The number of halogens is 1. The SMILES string of the molecule is COc1ccc(N(CC(=O)N2CCN(C(c3ccccc3)c3ccccc3)CC2)S(=O)(=O)c2ccc(C)cc2)cc1Cl. The van der Waals surface area contributed by atoms with Crippen LogP contribution >= 0.6 is 11.6 Å². The largest absolute Gasteiger partial charge is 0.495 e. The van der Waals surface area contributed by atoms with E-state index in [-0.39, 0.29) is 28.4 Å². The molecule has 0 unspecified atom stereocenters. The predicted molar refractivity (Wildman–Crippen MR) is 167 cm³/mol. The lowest BCUT2D eigenvalue weighted by Gasteiger charge is -2.40. The molecule has 7 nitrogen and oxygen atoms in total. The first-order chi connectivity index (χ1) is 20.3. The molecule has 0 atom stereocenters. The number of ether oxygens (including phenoxy) is 1. The van der Waals surface area contributed by atoms with E-state index in [9.17, 15) is 13.2 Å². The Morgan fingerprint density at radius 3 is 1.95 bits per heavy atom. The van der Waals surface area contributed by atoms with Gasteiger partial charge >= 0.3 is 0 Å². The average molecular weight is 604 g/mol. The zero-order valence-corrected chi connectivity index (χ0v) is 25.3. The number of piperazine rings is 1. The molecule has 9 heteroatoms. The van der Waals surface area contributed by atoms with Gasteiger partial charge in [-0.25, -0.2) is 8.42 Å². The van der Waals surface area contributed by atoms with Crippen molar-refractivity contribution >= 4 is 33.2 Å². The van der Waals surface area contributed by atoms with Crippen molar-refractivity contribution in [2.45, 2.75) is 17.9 Å². The van der Waals surface area contributed by atoms with Crippen LogP contribution in [0.3, 0.4) is 0 Å². The lowest BCUT2D eigenvalue weighted by atomic mass is 9.96. The van der Waals surface area contributed by atoms with E-state index < -0.39 is 10.0 Å². The first-order valence-corrected chi connectivity index (χ1v) is 15.6. The van der Waals surface area contributed by atoms with Gasteiger partial charge in [0.15, 0.2) is 0 Å². The summed E-state index contributed by atoms with van der Waals surface area (Å²) < 4.78 is 34.1. The summed E-state index contributed by atoms with van der Waals surface area (Å²) in [6.45, 7) is 3.81. The monoisotopic (exact) mass is 603 g/mol. The molecule has 0 aliphatic carbocycles. The van der Waals surface area contributed by atoms with Gasteiger partial charge in [0.1, 0.15) is 12.3 Å². The second-order valence-electron chi connectivity index (χ2n) is 10.3. The molecule has 1 saturated heterocycles. The van der Waals surface area contributed by atoms with E-state index in [2.05, 4.69) is 29.2 Å². The van der Waals surface area contributed by atoms with Crippen molar-refractivity contribution in [2.75, 3.05) is 44.1 Å². The zero-order chi connectivity index (χ0) is 29.7. The standard InChI is InChI=1S/C33H34ClN3O4S/c1-25-13-16-29(17-14-25)42(39,40)37(28-15-18-31(41-2)30(34)23-28)24-32(38)35-19-21-36(22-20-35)33(26-9-5-3-6-10-26)27-11-7-4-8-12-27/h3-18,23,33H,19-22,24H2,1-2H3. The van der Waals surface area contributed by atoms with E-state index in [4.69, 9.17) is 16.3 Å². The quantitative estimate of drug-likeness (QED) is 0.242. The first-order valence-electron chi connectivity index (χ1n) is 13.8. The number of nitrogens with zero attached hydrogens (tertiary/aromatic N) is 3. The number of rotatable bonds is 9. The Kier molecular flexibility index (Phi) is 9.16. The molecule has 0 N–H and O–H groups in total. The van der Waals surface area contributed by atoms with Crippen molar-refractivity contribution in [1.29, 1.82) is 0 Å². The van der Waals surface area contributed by atoms with Crippen LogP contribution in [0.1, 0.15) is 22.7 Å². The molecule has 5 rings (SSSR count). The summed E-state index contributed by atoms with van der Waals surface area (Å²) in [6, 6.07) is 32.1. The summed E-state index contributed by atoms with van der Waals surface area (Å²) in [5, 5.41) is 0.257. The van der Waals surface area contributed by atoms with Crippen molar-refractivity contribution in [3.63, 3.8) is 0 Å². The Bertz CT molecular complexity index is 1570. The smallest absolute Gasteiger partial charge is 0.264 e. The van der Waals surface area contributed by atoms with Crippen LogP contribution in [0.5, 0.6) is 5.75 Å². The van der Waals surface area contributed by atoms with Gasteiger partial charge in [-0.3, -0.25) is 14.0 Å².